The molecule has 2 aromatic rings. The average Bonchev–Trinajstić information content (AvgIpc) is 3.17. The topological polar surface area (TPSA) is 132 Å². The molecule has 0 spiro atoms. The van der Waals surface area contributed by atoms with E-state index in [2.05, 4.69) is 4.98 Å². The summed E-state index contributed by atoms with van der Waals surface area (Å²) in [6.07, 6.45) is 1.80. The number of amides is 1. The van der Waals surface area contributed by atoms with Crippen molar-refractivity contribution in [3.05, 3.63) is 22.6 Å². The van der Waals surface area contributed by atoms with Crippen molar-refractivity contribution in [1.29, 1.82) is 0 Å². The molecule has 1 fully saturated rings. The number of aromatic nitrogens is 2. The van der Waals surface area contributed by atoms with Gasteiger partial charge in [0.2, 0.25) is 5.91 Å². The molecule has 0 aliphatic carbocycles. The molecule has 1 saturated heterocycles. The normalized spacial score (nSPS) is 25.1. The molecular formula is C17H18N3NaO6S2. The molecule has 0 radical (unpaired) electrons. The monoisotopic (exact) mass is 447 g/mol. The number of hydrogen-bond acceptors (Lipinski definition) is 8. The molecule has 4 heterocycles. The van der Waals surface area contributed by atoms with Crippen LogP contribution in [-0.4, -0.2) is 58.1 Å². The van der Waals surface area contributed by atoms with Crippen LogP contribution in [0.25, 0.3) is 10.4 Å². The van der Waals surface area contributed by atoms with Crippen molar-refractivity contribution in [3.8, 4) is 0 Å². The molecule has 150 valence electrons. The summed E-state index contributed by atoms with van der Waals surface area (Å²) in [6.45, 7) is 4.96. The van der Waals surface area contributed by atoms with Gasteiger partial charge < -0.3 is 19.9 Å². The molecule has 0 saturated carbocycles. The van der Waals surface area contributed by atoms with Crippen molar-refractivity contribution in [1.82, 2.24) is 14.3 Å². The smallest absolute Gasteiger partial charge is 0.543 e. The third-order valence-electron chi connectivity index (χ3n) is 5.45. The van der Waals surface area contributed by atoms with E-state index in [1.54, 1.807) is 24.4 Å². The molecule has 1 N–H and O–H groups in total. The first-order chi connectivity index (χ1) is 12.9. The predicted octanol–water partition coefficient (Wildman–Crippen LogP) is -3.57. The molecule has 0 bridgehead atoms. The fourth-order valence-corrected chi connectivity index (χ4v) is 6.71. The number of β-lactam (4-membered cyclic amide) rings is 1. The third kappa shape index (κ3) is 3.10. The predicted molar refractivity (Wildman–Crippen MR) is 97.8 cm³/mol. The van der Waals surface area contributed by atoms with Gasteiger partial charge >= 0.3 is 29.6 Å². The summed E-state index contributed by atoms with van der Waals surface area (Å²) < 4.78 is 25.7. The molecule has 12 heteroatoms. The Labute approximate surface area is 193 Å². The number of aliphatic hydroxyl groups excluding tert-OH is 1. The van der Waals surface area contributed by atoms with Gasteiger partial charge in [-0.05, 0) is 13.8 Å². The molecule has 4 rings (SSSR count). The van der Waals surface area contributed by atoms with Gasteiger partial charge in [-0.25, -0.2) is 13.4 Å². The number of aliphatic carboxylic acids is 1. The van der Waals surface area contributed by atoms with E-state index in [0.29, 0.717) is 21.1 Å². The number of thiazole rings is 1. The molecule has 9 nitrogen and oxygen atoms in total. The molecule has 2 aliphatic heterocycles. The van der Waals surface area contributed by atoms with E-state index in [9.17, 15) is 28.2 Å². The molecular weight excluding hydrogens is 429 g/mol. The third-order valence-corrected chi connectivity index (χ3v) is 7.69. The van der Waals surface area contributed by atoms with Crippen LogP contribution in [0.5, 0.6) is 0 Å². The zero-order chi connectivity index (χ0) is 20.7. The summed E-state index contributed by atoms with van der Waals surface area (Å²) >= 11 is 1.11. The van der Waals surface area contributed by atoms with E-state index in [0.717, 1.165) is 17.6 Å². The summed E-state index contributed by atoms with van der Waals surface area (Å²) in [7, 11) is -3.56. The summed E-state index contributed by atoms with van der Waals surface area (Å²) in [5.41, 5.74) is 0.199. The van der Waals surface area contributed by atoms with Crippen molar-refractivity contribution in [3.63, 3.8) is 0 Å². The number of carbonyl (C=O) groups excluding carboxylic acids is 2. The Hall–Kier alpha value is -1.24. The van der Waals surface area contributed by atoms with Gasteiger partial charge in [0.1, 0.15) is 10.7 Å². The summed E-state index contributed by atoms with van der Waals surface area (Å²) in [5, 5.41) is 21.7. The maximum Gasteiger partial charge on any atom is 1.00 e. The number of nitrogens with zero attached hydrogens (tertiary/aromatic N) is 3. The van der Waals surface area contributed by atoms with Crippen molar-refractivity contribution in [2.75, 3.05) is 6.26 Å². The Bertz CT molecular complexity index is 1180. The summed E-state index contributed by atoms with van der Waals surface area (Å²) in [6, 6.07) is -0.467. The number of carbonyl (C=O) groups is 2. The number of carboxylic acid groups (broad SMARTS) is 1. The van der Waals surface area contributed by atoms with Gasteiger partial charge in [-0.2, -0.15) is 0 Å². The fraction of sp³-hybridized carbons (Fsp3) is 0.471. The Kier molecular flexibility index (Phi) is 5.55. The van der Waals surface area contributed by atoms with Crippen LogP contribution in [0.3, 0.4) is 0 Å². The van der Waals surface area contributed by atoms with Crippen LogP contribution < -0.4 is 34.7 Å². The number of imidazole rings is 1. The zero-order valence-electron chi connectivity index (χ0n) is 16.5. The maximum absolute atomic E-state index is 12.4. The Balaban J connectivity index is 0.00000240. The van der Waals surface area contributed by atoms with E-state index in [1.807, 2.05) is 0 Å². The van der Waals surface area contributed by atoms with Crippen LogP contribution in [0.2, 0.25) is 0 Å². The molecule has 4 atom stereocenters. The van der Waals surface area contributed by atoms with E-state index < -0.39 is 39.8 Å². The van der Waals surface area contributed by atoms with Gasteiger partial charge in [0, 0.05) is 23.9 Å². The minimum Gasteiger partial charge on any atom is -0.543 e. The molecule has 2 aromatic heterocycles. The second-order valence-corrected chi connectivity index (χ2v) is 10.3. The van der Waals surface area contributed by atoms with E-state index in [-0.39, 0.29) is 46.2 Å². The summed E-state index contributed by atoms with van der Waals surface area (Å²) in [4.78, 5) is 30.5. The SMILES string of the molecule is Cc1nc(S(C)(=O)=O)c2sc(C3=C(C(=O)[O-])N4C(=O)[C@H]([C@@H](C)O)[C@H]4[C@H]3C)cn12.[Na+]. The molecule has 2 aliphatic rings. The Morgan fingerprint density at radius 2 is 2.03 bits per heavy atom. The number of carboxylic acids is 1. The van der Waals surface area contributed by atoms with Crippen molar-refractivity contribution in [2.24, 2.45) is 11.8 Å². The van der Waals surface area contributed by atoms with Crippen LogP contribution in [0.15, 0.2) is 16.9 Å². The number of fused-ring (bicyclic) bond motifs is 2. The van der Waals surface area contributed by atoms with Gasteiger partial charge in [0.05, 0.1) is 34.6 Å². The Morgan fingerprint density at radius 3 is 2.55 bits per heavy atom. The van der Waals surface area contributed by atoms with Gasteiger partial charge in [-0.1, -0.05) is 6.92 Å². The molecule has 29 heavy (non-hydrogen) atoms. The second-order valence-electron chi connectivity index (χ2n) is 7.31. The zero-order valence-corrected chi connectivity index (χ0v) is 20.2. The van der Waals surface area contributed by atoms with E-state index in [1.165, 1.54) is 11.8 Å². The first-order valence-electron chi connectivity index (χ1n) is 8.60. The average molecular weight is 447 g/mol. The van der Waals surface area contributed by atoms with E-state index >= 15 is 0 Å². The van der Waals surface area contributed by atoms with E-state index in [4.69, 9.17) is 0 Å². The number of aryl methyl sites for hydroxylation is 1. The van der Waals surface area contributed by atoms with Crippen LogP contribution in [0.1, 0.15) is 24.5 Å². The van der Waals surface area contributed by atoms with Gasteiger partial charge in [-0.3, -0.25) is 9.20 Å². The second kappa shape index (κ2) is 7.17. The maximum atomic E-state index is 12.4. The quantitative estimate of drug-likeness (QED) is 0.379. The largest absolute Gasteiger partial charge is 1.00 e. The van der Waals surface area contributed by atoms with Gasteiger partial charge in [0.25, 0.3) is 0 Å². The number of sulfone groups is 1. The first kappa shape index (κ1) is 22.4. The van der Waals surface area contributed by atoms with Crippen LogP contribution in [0, 0.1) is 18.8 Å². The summed E-state index contributed by atoms with van der Waals surface area (Å²) in [5.74, 6) is -2.50. The van der Waals surface area contributed by atoms with Gasteiger partial charge in [-0.15, -0.1) is 11.3 Å². The number of hydrogen-bond donors (Lipinski definition) is 1. The Morgan fingerprint density at radius 1 is 1.41 bits per heavy atom. The molecule has 1 amide bonds. The number of rotatable bonds is 4. The van der Waals surface area contributed by atoms with Crippen LogP contribution in [-0.2, 0) is 19.4 Å². The van der Waals surface area contributed by atoms with Crippen molar-refractivity contribution in [2.45, 2.75) is 37.9 Å². The molecule has 0 unspecified atom stereocenters. The van der Waals surface area contributed by atoms with Crippen LogP contribution in [0.4, 0.5) is 0 Å². The van der Waals surface area contributed by atoms with Crippen molar-refractivity contribution < 1.29 is 57.8 Å². The molecule has 0 aromatic carbocycles. The minimum absolute atomic E-state index is 0. The number of aliphatic hydroxyl groups is 1. The fourth-order valence-electron chi connectivity index (χ4n) is 4.24. The first-order valence-corrected chi connectivity index (χ1v) is 11.3. The van der Waals surface area contributed by atoms with Gasteiger partial charge in [0.15, 0.2) is 14.9 Å². The minimum atomic E-state index is -3.56. The standard InChI is InChI=1S/C17H19N3O6S2.Na/c1-6-10(13(17(23)24)20-12(6)11(7(2)21)15(20)22)9-5-19-8(3)18-14(16(19)27-9)28(4,25)26;/h5-7,11-12,21H,1-4H3,(H,23,24);/q;+1/p-1/t6-,7+,11+,12+;/m0./s1. The van der Waals surface area contributed by atoms with Crippen molar-refractivity contribution >= 4 is 43.5 Å². The van der Waals surface area contributed by atoms with Crippen LogP contribution >= 0.6 is 11.3 Å².